The SMILES string of the molecule is CC[C@@H]1C(=O)N(C)c2cnc(Cc3ccc(C(=O)CC4CCN(CCOCCCCC(=O)Nc5cccc6c5CN(C5CCC(=O)NC5=O)C6=O)CC4)cc3OC)nc2N1Cc1ccc(Cl)s1. The number of piperidine rings is 2. The van der Waals surface area contributed by atoms with Gasteiger partial charge in [0.05, 0.1) is 30.8 Å². The van der Waals surface area contributed by atoms with Crippen molar-refractivity contribution in [2.24, 2.45) is 5.92 Å². The van der Waals surface area contributed by atoms with Crippen molar-refractivity contribution in [1.29, 1.82) is 0 Å². The number of ketones is 1. The number of carbonyl (C=O) groups excluding carboxylic acids is 6. The summed E-state index contributed by atoms with van der Waals surface area (Å²) in [6.07, 6.45) is 7.17. The molecule has 2 fully saturated rings. The van der Waals surface area contributed by atoms with Gasteiger partial charge in [0.25, 0.3) is 5.91 Å². The van der Waals surface area contributed by atoms with E-state index >= 15 is 0 Å². The van der Waals surface area contributed by atoms with Crippen LogP contribution in [-0.4, -0.2) is 114 Å². The van der Waals surface area contributed by atoms with Crippen LogP contribution in [0.5, 0.6) is 5.75 Å². The van der Waals surface area contributed by atoms with Gasteiger partial charge in [-0.25, -0.2) is 9.97 Å². The molecule has 4 aliphatic heterocycles. The molecule has 2 atom stereocenters. The lowest BCUT2D eigenvalue weighted by Gasteiger charge is -2.40. The summed E-state index contributed by atoms with van der Waals surface area (Å²) in [4.78, 5) is 95.1. The standard InChI is InChI=1S/C49H57ClN8O8S/c1-4-37-49(64)55(2)39-27-51-43(53-46(39)57(37)28-33-13-15-42(50)67-33)26-32-12-11-31(25-41(32)65-3)40(59)24-30-17-19-56(20-18-30)21-23-66-22-6-5-10-44(60)52-36-9-7-8-34-35(36)29-58(48(34)63)38-14-16-45(61)54-47(38)62/h7-9,11-13,15,25,27,30,37-38H,4-6,10,14,16-24,26,28-29H2,1-3H3,(H,52,60)(H,54,61,62)/t37-,38?/m1/s1. The van der Waals surface area contributed by atoms with E-state index in [1.165, 1.54) is 16.2 Å². The minimum absolute atomic E-state index is 0.00241. The first-order chi connectivity index (χ1) is 32.4. The van der Waals surface area contributed by atoms with Crippen molar-refractivity contribution in [3.8, 4) is 5.75 Å². The van der Waals surface area contributed by atoms with Gasteiger partial charge in [-0.05, 0) is 87.9 Å². The third kappa shape index (κ3) is 11.0. The van der Waals surface area contributed by atoms with Gasteiger partial charge in [-0.2, -0.15) is 0 Å². The molecule has 18 heteroatoms. The lowest BCUT2D eigenvalue weighted by Crippen LogP contribution is -2.52. The predicted octanol–water partition coefficient (Wildman–Crippen LogP) is 6.42. The van der Waals surface area contributed by atoms with E-state index in [9.17, 15) is 28.8 Å². The van der Waals surface area contributed by atoms with Crippen LogP contribution in [0.25, 0.3) is 0 Å². The summed E-state index contributed by atoms with van der Waals surface area (Å²) in [5.41, 5.74) is 3.82. The van der Waals surface area contributed by atoms with E-state index in [-0.39, 0.29) is 60.8 Å². The number of unbranched alkanes of at least 4 members (excludes halogenated alkanes) is 1. The maximum Gasteiger partial charge on any atom is 0.255 e. The van der Waals surface area contributed by atoms with Crippen molar-refractivity contribution in [1.82, 2.24) is 25.1 Å². The molecule has 2 aromatic heterocycles. The summed E-state index contributed by atoms with van der Waals surface area (Å²) in [7, 11) is 3.36. The number of methoxy groups -OCH3 is 1. The molecule has 2 aromatic carbocycles. The fourth-order valence-electron chi connectivity index (χ4n) is 9.47. The van der Waals surface area contributed by atoms with Gasteiger partial charge in [-0.15, -0.1) is 11.3 Å². The highest BCUT2D eigenvalue weighted by Gasteiger charge is 2.40. The summed E-state index contributed by atoms with van der Waals surface area (Å²) in [5, 5.41) is 5.26. The highest BCUT2D eigenvalue weighted by atomic mass is 35.5. The molecule has 0 aliphatic carbocycles. The monoisotopic (exact) mass is 952 g/mol. The number of nitrogens with zero attached hydrogens (tertiary/aromatic N) is 6. The molecule has 0 spiro atoms. The summed E-state index contributed by atoms with van der Waals surface area (Å²) in [5.74, 6) is 1.01. The molecule has 5 amide bonds. The number of aromatic nitrogens is 2. The molecule has 4 aliphatic rings. The average Bonchev–Trinajstić information content (AvgIpc) is 3.90. The zero-order chi connectivity index (χ0) is 47.2. The average molecular weight is 954 g/mol. The molecule has 0 saturated carbocycles. The van der Waals surface area contributed by atoms with E-state index < -0.39 is 11.9 Å². The van der Waals surface area contributed by atoms with Gasteiger partial charge < -0.3 is 34.4 Å². The van der Waals surface area contributed by atoms with Crippen molar-refractivity contribution in [3.05, 3.63) is 92.0 Å². The van der Waals surface area contributed by atoms with Crippen molar-refractivity contribution in [2.45, 2.75) is 96.3 Å². The minimum atomic E-state index is -0.716. The quantitative estimate of drug-likeness (QED) is 0.0598. The highest BCUT2D eigenvalue weighted by Crippen LogP contribution is 2.38. The Kier molecular flexibility index (Phi) is 15.3. The van der Waals surface area contributed by atoms with E-state index in [2.05, 4.69) is 20.5 Å². The number of amides is 5. The first-order valence-corrected chi connectivity index (χ1v) is 24.3. The number of anilines is 3. The van der Waals surface area contributed by atoms with E-state index in [1.54, 1.807) is 43.5 Å². The first kappa shape index (κ1) is 47.7. The number of rotatable bonds is 19. The fraction of sp³-hybridized carbons (Fsp3) is 0.469. The second-order valence-corrected chi connectivity index (χ2v) is 19.4. The number of carbonyl (C=O) groups is 6. The Bertz CT molecular complexity index is 2530. The van der Waals surface area contributed by atoms with Crippen molar-refractivity contribution < 1.29 is 38.2 Å². The number of fused-ring (bicyclic) bond motifs is 2. The normalized spacial score (nSPS) is 18.8. The number of ether oxygens (including phenoxy) is 2. The van der Waals surface area contributed by atoms with Crippen LogP contribution < -0.4 is 25.2 Å². The molecule has 6 heterocycles. The second-order valence-electron chi connectivity index (χ2n) is 17.6. The van der Waals surface area contributed by atoms with Crippen LogP contribution in [0.3, 0.4) is 0 Å². The molecule has 2 N–H and O–H groups in total. The summed E-state index contributed by atoms with van der Waals surface area (Å²) >= 11 is 7.73. The maximum absolute atomic E-state index is 13.6. The molecular formula is C49H57ClN8O8S. The number of likely N-dealkylation sites (tertiary alicyclic amines) is 1. The van der Waals surface area contributed by atoms with Gasteiger partial charge in [0.15, 0.2) is 11.6 Å². The maximum atomic E-state index is 13.6. The second kappa shape index (κ2) is 21.5. The Labute approximate surface area is 399 Å². The van der Waals surface area contributed by atoms with Gasteiger partial charge >= 0.3 is 0 Å². The molecular weight excluding hydrogens is 896 g/mol. The van der Waals surface area contributed by atoms with Crippen LogP contribution in [0.15, 0.2) is 54.7 Å². The Balaban J connectivity index is 0.741. The Hall–Kier alpha value is -5.75. The van der Waals surface area contributed by atoms with Crippen LogP contribution >= 0.6 is 22.9 Å². The number of thiophene rings is 1. The van der Waals surface area contributed by atoms with Crippen molar-refractivity contribution >= 4 is 75.4 Å². The van der Waals surface area contributed by atoms with E-state index in [0.29, 0.717) is 102 Å². The van der Waals surface area contributed by atoms with E-state index in [0.717, 1.165) is 49.3 Å². The third-order valence-corrected chi connectivity index (χ3v) is 14.5. The van der Waals surface area contributed by atoms with E-state index in [1.807, 2.05) is 42.2 Å². The zero-order valence-electron chi connectivity index (χ0n) is 38.2. The molecule has 354 valence electrons. The highest BCUT2D eigenvalue weighted by molar-refractivity contribution is 7.16. The van der Waals surface area contributed by atoms with Gasteiger partial charge in [0, 0.05) is 85.2 Å². The van der Waals surface area contributed by atoms with Gasteiger partial charge in [0.2, 0.25) is 23.6 Å². The molecule has 16 nitrogen and oxygen atoms in total. The number of Topliss-reactive ketones (excluding diaryl/α,β-unsaturated/α-hetero) is 1. The summed E-state index contributed by atoms with van der Waals surface area (Å²) in [6.45, 7) is 6.42. The lowest BCUT2D eigenvalue weighted by molar-refractivity contribution is -0.137. The number of nitrogens with one attached hydrogen (secondary N) is 2. The number of hydrogen-bond acceptors (Lipinski definition) is 13. The number of hydrogen-bond donors (Lipinski definition) is 2. The Morgan fingerprint density at radius 2 is 1.84 bits per heavy atom. The number of halogens is 1. The summed E-state index contributed by atoms with van der Waals surface area (Å²) in [6, 6.07) is 13.5. The Morgan fingerprint density at radius 1 is 1.01 bits per heavy atom. The predicted molar refractivity (Wildman–Crippen MR) is 255 cm³/mol. The molecule has 2 saturated heterocycles. The van der Waals surface area contributed by atoms with Crippen LogP contribution in [0.4, 0.5) is 17.2 Å². The molecule has 8 rings (SSSR count). The zero-order valence-corrected chi connectivity index (χ0v) is 39.8. The molecule has 0 bridgehead atoms. The van der Waals surface area contributed by atoms with E-state index in [4.69, 9.17) is 26.1 Å². The van der Waals surface area contributed by atoms with Gasteiger partial charge in [0.1, 0.15) is 29.3 Å². The molecule has 1 unspecified atom stereocenters. The topological polar surface area (TPSA) is 184 Å². The van der Waals surface area contributed by atoms with Crippen molar-refractivity contribution in [3.63, 3.8) is 0 Å². The van der Waals surface area contributed by atoms with Crippen molar-refractivity contribution in [2.75, 3.05) is 62.1 Å². The fourth-order valence-corrected chi connectivity index (χ4v) is 10.6. The molecule has 4 aromatic rings. The summed E-state index contributed by atoms with van der Waals surface area (Å²) < 4.78 is 12.4. The molecule has 67 heavy (non-hydrogen) atoms. The Morgan fingerprint density at radius 3 is 2.58 bits per heavy atom. The van der Waals surface area contributed by atoms with Gasteiger partial charge in [-0.3, -0.25) is 34.1 Å². The van der Waals surface area contributed by atoms with Crippen LogP contribution in [-0.2, 0) is 43.4 Å². The third-order valence-electron chi connectivity index (χ3n) is 13.3. The molecule has 0 radical (unpaired) electrons. The van der Waals surface area contributed by atoms with Gasteiger partial charge in [-0.1, -0.05) is 36.7 Å². The minimum Gasteiger partial charge on any atom is -0.496 e. The number of likely N-dealkylation sites (N-methyl/N-ethyl adjacent to an activating group) is 1. The first-order valence-electron chi connectivity index (χ1n) is 23.1. The van der Waals surface area contributed by atoms with Crippen LogP contribution in [0.1, 0.15) is 107 Å². The van der Waals surface area contributed by atoms with Crippen LogP contribution in [0.2, 0.25) is 4.34 Å². The van der Waals surface area contributed by atoms with Crippen LogP contribution in [0, 0.1) is 5.92 Å². The number of imide groups is 1. The largest absolute Gasteiger partial charge is 0.496 e. The number of benzene rings is 2. The lowest BCUT2D eigenvalue weighted by atomic mass is 9.89. The smallest absolute Gasteiger partial charge is 0.255 e.